The van der Waals surface area contributed by atoms with Gasteiger partial charge >= 0.3 is 0 Å². The van der Waals surface area contributed by atoms with Gasteiger partial charge in [-0.25, -0.2) is 4.98 Å². The molecule has 4 aromatic rings. The highest BCUT2D eigenvalue weighted by Gasteiger charge is 2.16. The lowest BCUT2D eigenvalue weighted by Crippen LogP contribution is -2.10. The zero-order valence-corrected chi connectivity index (χ0v) is 13.7. The first-order chi connectivity index (χ1) is 11.1. The van der Waals surface area contributed by atoms with E-state index in [4.69, 9.17) is 16.0 Å². The van der Waals surface area contributed by atoms with Gasteiger partial charge in [0.15, 0.2) is 10.9 Å². The zero-order valence-electron chi connectivity index (χ0n) is 12.1. The van der Waals surface area contributed by atoms with Crippen molar-refractivity contribution >= 4 is 55.2 Å². The Bertz CT molecular complexity index is 979. The number of rotatable bonds is 2. The second-order valence-electron chi connectivity index (χ2n) is 5.16. The van der Waals surface area contributed by atoms with Crippen molar-refractivity contribution in [2.24, 2.45) is 0 Å². The Kier molecular flexibility index (Phi) is 3.32. The van der Waals surface area contributed by atoms with Crippen molar-refractivity contribution in [3.05, 3.63) is 58.8 Å². The normalized spacial score (nSPS) is 11.2. The predicted octanol–water partition coefficient (Wildman–Crippen LogP) is 5.26. The summed E-state index contributed by atoms with van der Waals surface area (Å²) in [5, 5.41) is 4.80. The standard InChI is InChI=1S/C17H11ClN2O2S/c1-9-6-7-11(18)15-14(9)19-17(23-15)20-16(21)13-8-10-4-2-3-5-12(10)22-13/h2-8H,1H3,(H,19,20,21). The van der Waals surface area contributed by atoms with Crippen LogP contribution in [0.25, 0.3) is 21.2 Å². The molecule has 23 heavy (non-hydrogen) atoms. The van der Waals surface area contributed by atoms with Gasteiger partial charge in [0.05, 0.1) is 15.2 Å². The molecule has 4 nitrogen and oxygen atoms in total. The minimum Gasteiger partial charge on any atom is -0.451 e. The Morgan fingerprint density at radius 3 is 2.87 bits per heavy atom. The number of aryl methyl sites for hydroxylation is 1. The first-order valence-corrected chi connectivity index (χ1v) is 8.17. The van der Waals surface area contributed by atoms with Crippen molar-refractivity contribution in [3.63, 3.8) is 0 Å². The van der Waals surface area contributed by atoms with E-state index in [1.165, 1.54) is 11.3 Å². The molecule has 2 aromatic heterocycles. The maximum Gasteiger partial charge on any atom is 0.293 e. The van der Waals surface area contributed by atoms with Crippen molar-refractivity contribution in [1.29, 1.82) is 0 Å². The number of benzene rings is 2. The molecular weight excluding hydrogens is 332 g/mol. The van der Waals surface area contributed by atoms with E-state index in [9.17, 15) is 4.79 Å². The Morgan fingerprint density at radius 2 is 2.09 bits per heavy atom. The number of amides is 1. The third kappa shape index (κ3) is 2.48. The first kappa shape index (κ1) is 14.2. The molecule has 0 saturated heterocycles. The van der Waals surface area contributed by atoms with Crippen molar-refractivity contribution in [2.45, 2.75) is 6.92 Å². The van der Waals surface area contributed by atoms with E-state index >= 15 is 0 Å². The number of furan rings is 1. The summed E-state index contributed by atoms with van der Waals surface area (Å²) in [6, 6.07) is 13.0. The Morgan fingerprint density at radius 1 is 1.26 bits per heavy atom. The second-order valence-corrected chi connectivity index (χ2v) is 6.57. The molecule has 114 valence electrons. The number of nitrogens with zero attached hydrogens (tertiary/aromatic N) is 1. The lowest BCUT2D eigenvalue weighted by Gasteiger charge is -1.96. The fourth-order valence-corrected chi connectivity index (χ4v) is 3.62. The molecule has 1 N–H and O–H groups in total. The van der Waals surface area contributed by atoms with Crippen LogP contribution in [0.15, 0.2) is 46.9 Å². The Labute approximate surface area is 140 Å². The fourth-order valence-electron chi connectivity index (χ4n) is 2.41. The van der Waals surface area contributed by atoms with Gasteiger partial charge in [-0.3, -0.25) is 10.1 Å². The quantitative estimate of drug-likeness (QED) is 0.540. The number of carbonyl (C=O) groups is 1. The molecule has 0 atom stereocenters. The van der Waals surface area contributed by atoms with Crippen LogP contribution in [0.4, 0.5) is 5.13 Å². The van der Waals surface area contributed by atoms with Gasteiger partial charge in [0, 0.05) is 5.39 Å². The molecule has 2 heterocycles. The molecule has 0 aliphatic rings. The summed E-state index contributed by atoms with van der Waals surface area (Å²) >= 11 is 7.54. The minimum absolute atomic E-state index is 0.258. The number of anilines is 1. The van der Waals surface area contributed by atoms with Crippen LogP contribution < -0.4 is 5.32 Å². The van der Waals surface area contributed by atoms with E-state index in [1.54, 1.807) is 6.07 Å². The molecule has 0 unspecified atom stereocenters. The second kappa shape index (κ2) is 5.37. The molecule has 0 bridgehead atoms. The highest BCUT2D eigenvalue weighted by Crippen LogP contribution is 2.34. The molecule has 0 radical (unpaired) electrons. The van der Waals surface area contributed by atoms with Crippen LogP contribution >= 0.6 is 22.9 Å². The number of thiazole rings is 1. The number of aromatic nitrogens is 1. The average Bonchev–Trinajstić information content (AvgIpc) is 3.15. The maximum atomic E-state index is 12.4. The van der Waals surface area contributed by atoms with E-state index in [2.05, 4.69) is 10.3 Å². The topological polar surface area (TPSA) is 55.1 Å². The van der Waals surface area contributed by atoms with Crippen LogP contribution in [0, 0.1) is 6.92 Å². The van der Waals surface area contributed by atoms with Gasteiger partial charge in [-0.15, -0.1) is 0 Å². The number of carbonyl (C=O) groups excluding carboxylic acids is 1. The lowest BCUT2D eigenvalue weighted by atomic mass is 10.2. The summed E-state index contributed by atoms with van der Waals surface area (Å²) in [6.07, 6.45) is 0. The first-order valence-electron chi connectivity index (χ1n) is 6.97. The van der Waals surface area contributed by atoms with Crippen molar-refractivity contribution in [3.8, 4) is 0 Å². The Balaban J connectivity index is 1.68. The molecule has 6 heteroatoms. The summed E-state index contributed by atoms with van der Waals surface area (Å²) in [4.78, 5) is 16.8. The number of halogens is 1. The molecule has 0 spiro atoms. The molecule has 4 rings (SSSR count). The highest BCUT2D eigenvalue weighted by molar-refractivity contribution is 7.23. The fraction of sp³-hybridized carbons (Fsp3) is 0.0588. The van der Waals surface area contributed by atoms with Gasteiger partial charge in [0.2, 0.25) is 0 Å². The largest absolute Gasteiger partial charge is 0.451 e. The van der Waals surface area contributed by atoms with Crippen LogP contribution in [-0.2, 0) is 0 Å². The van der Waals surface area contributed by atoms with Crippen LogP contribution in [0.1, 0.15) is 16.1 Å². The Hall–Kier alpha value is -2.37. The van der Waals surface area contributed by atoms with E-state index in [1.807, 2.05) is 43.3 Å². The van der Waals surface area contributed by atoms with Gasteiger partial charge in [0.25, 0.3) is 5.91 Å². The van der Waals surface area contributed by atoms with Gasteiger partial charge in [-0.1, -0.05) is 47.2 Å². The van der Waals surface area contributed by atoms with Crippen LogP contribution in [0.3, 0.4) is 0 Å². The summed E-state index contributed by atoms with van der Waals surface area (Å²) in [7, 11) is 0. The monoisotopic (exact) mass is 342 g/mol. The lowest BCUT2D eigenvalue weighted by molar-refractivity contribution is 0.0998. The molecule has 0 saturated carbocycles. The van der Waals surface area contributed by atoms with Crippen LogP contribution in [-0.4, -0.2) is 10.9 Å². The van der Waals surface area contributed by atoms with Gasteiger partial charge < -0.3 is 4.42 Å². The number of fused-ring (bicyclic) bond motifs is 2. The van der Waals surface area contributed by atoms with Crippen molar-refractivity contribution in [2.75, 3.05) is 5.32 Å². The van der Waals surface area contributed by atoms with E-state index in [-0.39, 0.29) is 11.7 Å². The van der Waals surface area contributed by atoms with Crippen molar-refractivity contribution in [1.82, 2.24) is 4.98 Å². The molecule has 0 aliphatic heterocycles. The zero-order chi connectivity index (χ0) is 16.0. The number of hydrogen-bond donors (Lipinski definition) is 1. The number of para-hydroxylation sites is 1. The summed E-state index contributed by atoms with van der Waals surface area (Å²) < 4.78 is 6.43. The van der Waals surface area contributed by atoms with Gasteiger partial charge in [-0.05, 0) is 30.7 Å². The molecule has 0 aliphatic carbocycles. The number of hydrogen-bond acceptors (Lipinski definition) is 4. The van der Waals surface area contributed by atoms with E-state index < -0.39 is 0 Å². The molecule has 2 aromatic carbocycles. The van der Waals surface area contributed by atoms with Crippen LogP contribution in [0.2, 0.25) is 5.02 Å². The summed E-state index contributed by atoms with van der Waals surface area (Å²) in [5.74, 6) is -0.0673. The van der Waals surface area contributed by atoms with Crippen molar-refractivity contribution < 1.29 is 9.21 Å². The minimum atomic E-state index is -0.325. The van der Waals surface area contributed by atoms with E-state index in [0.29, 0.717) is 15.7 Å². The predicted molar refractivity (Wildman–Crippen MR) is 93.5 cm³/mol. The summed E-state index contributed by atoms with van der Waals surface area (Å²) in [6.45, 7) is 1.96. The van der Waals surface area contributed by atoms with Gasteiger partial charge in [-0.2, -0.15) is 0 Å². The average molecular weight is 343 g/mol. The SMILES string of the molecule is Cc1ccc(Cl)c2sc(NC(=O)c3cc4ccccc4o3)nc12. The molecule has 0 fully saturated rings. The van der Waals surface area contributed by atoms with Crippen LogP contribution in [0.5, 0.6) is 0 Å². The summed E-state index contributed by atoms with van der Waals surface area (Å²) in [5.41, 5.74) is 2.51. The number of nitrogens with one attached hydrogen (secondary N) is 1. The third-order valence-electron chi connectivity index (χ3n) is 3.57. The van der Waals surface area contributed by atoms with Gasteiger partial charge in [0.1, 0.15) is 5.58 Å². The molecule has 1 amide bonds. The molecular formula is C17H11ClN2O2S. The third-order valence-corrected chi connectivity index (χ3v) is 5.00. The maximum absolute atomic E-state index is 12.4. The smallest absolute Gasteiger partial charge is 0.293 e. The van der Waals surface area contributed by atoms with E-state index in [0.717, 1.165) is 21.2 Å². The highest BCUT2D eigenvalue weighted by atomic mass is 35.5.